The van der Waals surface area contributed by atoms with E-state index in [1.165, 1.54) is 0 Å². The minimum absolute atomic E-state index is 0.0584. The number of hydrogen-bond donors (Lipinski definition) is 0. The highest BCUT2D eigenvalue weighted by Gasteiger charge is 2.32. The molecule has 0 aromatic carbocycles. The first-order chi connectivity index (χ1) is 6.18. The van der Waals surface area contributed by atoms with E-state index < -0.39 is 0 Å². The molecule has 1 saturated carbocycles. The molecule has 13 heavy (non-hydrogen) atoms. The number of imidazole rings is 1. The lowest BCUT2D eigenvalue weighted by atomic mass is 10.6. The minimum atomic E-state index is 0.0584. The van der Waals surface area contributed by atoms with Crippen molar-refractivity contribution in [2.24, 2.45) is 7.05 Å². The van der Waals surface area contributed by atoms with Crippen LogP contribution in [0.15, 0.2) is 18.7 Å². The highest BCUT2D eigenvalue weighted by molar-refractivity contribution is 5.76. The lowest BCUT2D eigenvalue weighted by molar-refractivity contribution is -0.670. The molecule has 4 nitrogen and oxygen atoms in total. The molecular formula is C9H14N3O+. The molecule has 2 rings (SSSR count). The predicted octanol–water partition coefficient (Wildman–Crippen LogP) is 0.375. The Kier molecular flexibility index (Phi) is 1.83. The molecule has 1 aliphatic carbocycles. The van der Waals surface area contributed by atoms with E-state index in [0.717, 1.165) is 12.8 Å². The van der Waals surface area contributed by atoms with E-state index in [-0.39, 0.29) is 6.03 Å². The van der Waals surface area contributed by atoms with Gasteiger partial charge in [-0.2, -0.15) is 4.57 Å². The molecule has 1 aromatic heterocycles. The maximum absolute atomic E-state index is 11.7. The zero-order chi connectivity index (χ0) is 9.42. The van der Waals surface area contributed by atoms with E-state index in [0.29, 0.717) is 6.04 Å². The molecule has 0 aliphatic heterocycles. The van der Waals surface area contributed by atoms with Crippen molar-refractivity contribution in [3.8, 4) is 0 Å². The summed E-state index contributed by atoms with van der Waals surface area (Å²) in [6.45, 7) is 0. The van der Waals surface area contributed by atoms with Crippen molar-refractivity contribution in [1.29, 1.82) is 0 Å². The first kappa shape index (κ1) is 8.29. The highest BCUT2D eigenvalue weighted by atomic mass is 16.2. The molecule has 0 atom stereocenters. The Balaban J connectivity index is 2.11. The number of hydrogen-bond acceptors (Lipinski definition) is 1. The summed E-state index contributed by atoms with van der Waals surface area (Å²) in [4.78, 5) is 13.5. The average Bonchev–Trinajstić information content (AvgIpc) is 2.87. The Morgan fingerprint density at radius 3 is 2.77 bits per heavy atom. The van der Waals surface area contributed by atoms with E-state index in [2.05, 4.69) is 0 Å². The highest BCUT2D eigenvalue weighted by Crippen LogP contribution is 2.25. The molecule has 4 heteroatoms. The number of carbonyl (C=O) groups is 1. The summed E-state index contributed by atoms with van der Waals surface area (Å²) in [5.74, 6) is 0. The second-order valence-electron chi connectivity index (χ2n) is 3.61. The predicted molar refractivity (Wildman–Crippen MR) is 47.2 cm³/mol. The van der Waals surface area contributed by atoms with Crippen LogP contribution in [0.25, 0.3) is 0 Å². The summed E-state index contributed by atoms with van der Waals surface area (Å²) in [5.41, 5.74) is 0. The van der Waals surface area contributed by atoms with Crippen LogP contribution < -0.4 is 4.57 Å². The molecule has 0 saturated heterocycles. The van der Waals surface area contributed by atoms with E-state index >= 15 is 0 Å². The third kappa shape index (κ3) is 1.56. The monoisotopic (exact) mass is 180 g/mol. The molecular weight excluding hydrogens is 166 g/mol. The fraction of sp³-hybridized carbons (Fsp3) is 0.556. The van der Waals surface area contributed by atoms with E-state index in [9.17, 15) is 4.79 Å². The first-order valence-electron chi connectivity index (χ1n) is 4.49. The second-order valence-corrected chi connectivity index (χ2v) is 3.61. The number of aromatic nitrogens is 2. The Labute approximate surface area is 77.4 Å². The van der Waals surface area contributed by atoms with Gasteiger partial charge < -0.3 is 4.90 Å². The molecule has 1 aromatic rings. The van der Waals surface area contributed by atoms with Crippen LogP contribution in [0.3, 0.4) is 0 Å². The van der Waals surface area contributed by atoms with Gasteiger partial charge in [-0.15, -0.1) is 0 Å². The van der Waals surface area contributed by atoms with Crippen molar-refractivity contribution >= 4 is 6.03 Å². The number of rotatable bonds is 1. The molecule has 70 valence electrons. The summed E-state index contributed by atoms with van der Waals surface area (Å²) < 4.78 is 3.47. The van der Waals surface area contributed by atoms with E-state index in [4.69, 9.17) is 0 Å². The van der Waals surface area contributed by atoms with Gasteiger partial charge in [0.2, 0.25) is 0 Å². The van der Waals surface area contributed by atoms with Crippen LogP contribution in [-0.4, -0.2) is 28.6 Å². The number of nitrogens with zero attached hydrogens (tertiary/aromatic N) is 3. The lowest BCUT2D eigenvalue weighted by Gasteiger charge is -2.11. The Morgan fingerprint density at radius 1 is 1.62 bits per heavy atom. The lowest BCUT2D eigenvalue weighted by Crippen LogP contribution is -2.33. The van der Waals surface area contributed by atoms with Gasteiger partial charge in [0.25, 0.3) is 6.33 Å². The topological polar surface area (TPSA) is 29.1 Å². The van der Waals surface area contributed by atoms with E-state index in [1.54, 1.807) is 22.0 Å². The largest absolute Gasteiger partial charge is 0.415 e. The van der Waals surface area contributed by atoms with Gasteiger partial charge in [0.05, 0.1) is 7.05 Å². The van der Waals surface area contributed by atoms with Crippen LogP contribution in [-0.2, 0) is 7.05 Å². The van der Waals surface area contributed by atoms with Crippen LogP contribution in [0.1, 0.15) is 12.8 Å². The molecule has 0 radical (unpaired) electrons. The van der Waals surface area contributed by atoms with Gasteiger partial charge in [-0.3, -0.25) is 0 Å². The summed E-state index contributed by atoms with van der Waals surface area (Å²) >= 11 is 0. The second kappa shape index (κ2) is 2.87. The van der Waals surface area contributed by atoms with Crippen LogP contribution in [0.5, 0.6) is 0 Å². The van der Waals surface area contributed by atoms with Gasteiger partial charge in [-0.1, -0.05) is 0 Å². The quantitative estimate of drug-likeness (QED) is 0.574. The number of amides is 1. The number of aryl methyl sites for hydroxylation is 1. The molecule has 1 heterocycles. The van der Waals surface area contributed by atoms with Crippen molar-refractivity contribution in [3.63, 3.8) is 0 Å². The Hall–Kier alpha value is -1.32. The van der Waals surface area contributed by atoms with Crippen LogP contribution in [0.2, 0.25) is 0 Å². The standard InChI is InChI=1S/C9H14N3O/c1-10-5-6-12(7-10)9(13)11(2)8-3-4-8/h5-8H,3-4H2,1-2H3/q+1. The van der Waals surface area contributed by atoms with Crippen LogP contribution in [0.4, 0.5) is 4.79 Å². The molecule has 0 spiro atoms. The van der Waals surface area contributed by atoms with Gasteiger partial charge in [-0.05, 0) is 12.8 Å². The van der Waals surface area contributed by atoms with Gasteiger partial charge in [-0.25, -0.2) is 9.36 Å². The Bertz CT molecular complexity index is 327. The number of carbonyl (C=O) groups excluding carboxylic acids is 1. The third-order valence-corrected chi connectivity index (χ3v) is 2.39. The average molecular weight is 180 g/mol. The molecule has 0 N–H and O–H groups in total. The molecule has 1 fully saturated rings. The van der Waals surface area contributed by atoms with Gasteiger partial charge in [0.1, 0.15) is 12.4 Å². The summed E-state index contributed by atoms with van der Waals surface area (Å²) in [7, 11) is 3.76. The van der Waals surface area contributed by atoms with Crippen LogP contribution in [0, 0.1) is 0 Å². The summed E-state index contributed by atoms with van der Waals surface area (Å²) in [5, 5.41) is 0. The normalized spacial score (nSPS) is 15.8. The fourth-order valence-electron chi connectivity index (χ4n) is 1.36. The van der Waals surface area contributed by atoms with Crippen molar-refractivity contribution in [2.75, 3.05) is 7.05 Å². The van der Waals surface area contributed by atoms with Crippen molar-refractivity contribution in [3.05, 3.63) is 18.7 Å². The van der Waals surface area contributed by atoms with Crippen molar-refractivity contribution in [2.45, 2.75) is 18.9 Å². The maximum atomic E-state index is 11.7. The van der Waals surface area contributed by atoms with Gasteiger partial charge in [0, 0.05) is 13.1 Å². The molecule has 1 amide bonds. The van der Waals surface area contributed by atoms with Crippen molar-refractivity contribution in [1.82, 2.24) is 9.47 Å². The van der Waals surface area contributed by atoms with Gasteiger partial charge >= 0.3 is 6.03 Å². The summed E-state index contributed by atoms with van der Waals surface area (Å²) in [6, 6.07) is 0.531. The first-order valence-corrected chi connectivity index (χ1v) is 4.49. The summed E-state index contributed by atoms with van der Waals surface area (Å²) in [6.07, 6.45) is 7.71. The van der Waals surface area contributed by atoms with Crippen LogP contribution >= 0.6 is 0 Å². The Morgan fingerprint density at radius 2 is 2.31 bits per heavy atom. The van der Waals surface area contributed by atoms with Gasteiger partial charge in [0.15, 0.2) is 0 Å². The third-order valence-electron chi connectivity index (χ3n) is 2.39. The molecule has 0 bridgehead atoms. The van der Waals surface area contributed by atoms with E-state index in [1.807, 2.05) is 24.9 Å². The zero-order valence-corrected chi connectivity index (χ0v) is 7.97. The smallest absolute Gasteiger partial charge is 0.304 e. The molecule has 0 unspecified atom stereocenters. The fourth-order valence-corrected chi connectivity index (χ4v) is 1.36. The minimum Gasteiger partial charge on any atom is -0.304 e. The zero-order valence-electron chi connectivity index (χ0n) is 7.97. The maximum Gasteiger partial charge on any atom is 0.415 e. The molecule has 1 aliphatic rings. The SMILES string of the molecule is CN(C(=O)n1cc[n+](C)c1)C1CC1. The van der Waals surface area contributed by atoms with Crippen molar-refractivity contribution < 1.29 is 9.36 Å².